The molecule has 1 amide bonds. The lowest BCUT2D eigenvalue weighted by molar-refractivity contribution is -0.131. The second kappa shape index (κ2) is 11.5. The summed E-state index contributed by atoms with van der Waals surface area (Å²) >= 11 is 0. The lowest BCUT2D eigenvalue weighted by Gasteiger charge is -2.37. The molecule has 2 aliphatic heterocycles. The first-order valence-electron chi connectivity index (χ1n) is 12.0. The maximum Gasteiger partial charge on any atom is 0.407 e. The average molecular weight is 461 g/mol. The molecule has 33 heavy (non-hydrogen) atoms. The van der Waals surface area contributed by atoms with Crippen LogP contribution in [0.4, 0.5) is 4.79 Å². The van der Waals surface area contributed by atoms with E-state index in [4.69, 9.17) is 14.2 Å². The molecule has 0 bridgehead atoms. The van der Waals surface area contributed by atoms with Gasteiger partial charge < -0.3 is 24.4 Å². The van der Waals surface area contributed by atoms with E-state index in [9.17, 15) is 14.4 Å². The second-order valence-electron chi connectivity index (χ2n) is 9.00. The summed E-state index contributed by atoms with van der Waals surface area (Å²) in [5, 5.41) is 2.77. The van der Waals surface area contributed by atoms with E-state index >= 15 is 0 Å². The molecule has 1 spiro atoms. The van der Waals surface area contributed by atoms with Gasteiger partial charge in [0.1, 0.15) is 17.1 Å². The predicted molar refractivity (Wildman–Crippen MR) is 124 cm³/mol. The number of rotatable bonds is 11. The molecule has 2 heterocycles. The Morgan fingerprint density at radius 1 is 1.15 bits per heavy atom. The molecule has 2 saturated heterocycles. The van der Waals surface area contributed by atoms with Crippen LogP contribution < -0.4 is 14.8 Å². The van der Waals surface area contributed by atoms with Crippen molar-refractivity contribution in [1.82, 2.24) is 10.2 Å². The molecule has 1 aromatic rings. The van der Waals surface area contributed by atoms with Crippen molar-refractivity contribution >= 4 is 17.8 Å². The highest BCUT2D eigenvalue weighted by Crippen LogP contribution is 2.34. The van der Waals surface area contributed by atoms with Gasteiger partial charge in [0.05, 0.1) is 18.7 Å². The van der Waals surface area contributed by atoms with Gasteiger partial charge in [-0.05, 0) is 51.3 Å². The van der Waals surface area contributed by atoms with E-state index in [0.717, 1.165) is 63.7 Å². The Bertz CT molecular complexity index is 861. The van der Waals surface area contributed by atoms with E-state index in [2.05, 4.69) is 10.2 Å². The molecular weight excluding hydrogens is 424 g/mol. The molecule has 1 aromatic carbocycles. The fraction of sp³-hybridized carbons (Fsp3) is 0.640. The molecular formula is C25H36N2O6. The van der Waals surface area contributed by atoms with Gasteiger partial charge in [0.25, 0.3) is 0 Å². The lowest BCUT2D eigenvalue weighted by Crippen LogP contribution is -2.46. The van der Waals surface area contributed by atoms with Crippen LogP contribution in [0.3, 0.4) is 0 Å². The summed E-state index contributed by atoms with van der Waals surface area (Å²) in [4.78, 5) is 37.4. The zero-order chi connectivity index (χ0) is 23.8. The van der Waals surface area contributed by atoms with Gasteiger partial charge in [-0.15, -0.1) is 0 Å². The van der Waals surface area contributed by atoms with Crippen LogP contribution in [0.2, 0.25) is 0 Å². The molecule has 0 radical (unpaired) electrons. The Balaban J connectivity index is 1.44. The number of alkyl carbamates (subject to hydrolysis) is 1. The van der Waals surface area contributed by atoms with Crippen molar-refractivity contribution in [2.75, 3.05) is 32.8 Å². The van der Waals surface area contributed by atoms with E-state index in [-0.39, 0.29) is 17.5 Å². The Morgan fingerprint density at radius 2 is 1.91 bits per heavy atom. The highest BCUT2D eigenvalue weighted by Gasteiger charge is 2.42. The standard InChI is InChI=1S/C25H36N2O6/c1-4-8-21-22(10-9-20(18(2)28)23(21)32-19(3)29)31-16-7-5-6-13-27-14-11-25(12-15-27)17-26-24(30)33-25/h9-10H,4-8,11-17H2,1-3H3,(H,26,30). The molecule has 0 unspecified atom stereocenters. The van der Waals surface area contributed by atoms with Crippen molar-refractivity contribution < 1.29 is 28.6 Å². The number of amides is 1. The number of likely N-dealkylation sites (tertiary alicyclic amines) is 1. The van der Waals surface area contributed by atoms with Crippen molar-refractivity contribution in [3.05, 3.63) is 23.3 Å². The monoisotopic (exact) mass is 460 g/mol. The fourth-order valence-electron chi connectivity index (χ4n) is 4.53. The first-order chi connectivity index (χ1) is 15.8. The number of ether oxygens (including phenoxy) is 3. The van der Waals surface area contributed by atoms with Crippen molar-refractivity contribution in [1.29, 1.82) is 0 Å². The number of Topliss-reactive ketones (excluding diaryl/α,β-unsaturated/α-hetero) is 1. The van der Waals surface area contributed by atoms with Gasteiger partial charge in [-0.2, -0.15) is 0 Å². The number of nitrogens with zero attached hydrogens (tertiary/aromatic N) is 1. The topological polar surface area (TPSA) is 94.2 Å². The molecule has 3 rings (SSSR count). The number of unbranched alkanes of at least 4 members (excludes halogenated alkanes) is 2. The van der Waals surface area contributed by atoms with E-state index in [1.807, 2.05) is 13.0 Å². The number of carbonyl (C=O) groups excluding carboxylic acids is 3. The van der Waals surface area contributed by atoms with Crippen LogP contribution >= 0.6 is 0 Å². The highest BCUT2D eigenvalue weighted by atomic mass is 16.6. The zero-order valence-electron chi connectivity index (χ0n) is 20.0. The smallest absolute Gasteiger partial charge is 0.407 e. The van der Waals surface area contributed by atoms with Gasteiger partial charge in [0, 0.05) is 38.4 Å². The molecule has 2 aliphatic rings. The molecule has 8 nitrogen and oxygen atoms in total. The van der Waals surface area contributed by atoms with Crippen LogP contribution in [-0.4, -0.2) is 61.1 Å². The van der Waals surface area contributed by atoms with Crippen LogP contribution in [0.1, 0.15) is 75.2 Å². The average Bonchev–Trinajstić information content (AvgIpc) is 3.13. The molecule has 182 valence electrons. The quantitative estimate of drug-likeness (QED) is 0.232. The summed E-state index contributed by atoms with van der Waals surface area (Å²) in [6.45, 7) is 8.98. The number of piperidine rings is 1. The lowest BCUT2D eigenvalue weighted by atomic mass is 9.91. The molecule has 0 saturated carbocycles. The summed E-state index contributed by atoms with van der Waals surface area (Å²) in [6.07, 6.45) is 6.04. The highest BCUT2D eigenvalue weighted by molar-refractivity contribution is 5.98. The van der Waals surface area contributed by atoms with Gasteiger partial charge in [-0.1, -0.05) is 13.3 Å². The minimum atomic E-state index is -0.446. The SMILES string of the molecule is CCCc1c(OCCCCCN2CCC3(CC2)CNC(=O)O3)ccc(C(C)=O)c1OC(C)=O. The van der Waals surface area contributed by atoms with Gasteiger partial charge >= 0.3 is 12.1 Å². The molecule has 0 aromatic heterocycles. The number of carbonyl (C=O) groups is 3. The third kappa shape index (κ3) is 6.69. The summed E-state index contributed by atoms with van der Waals surface area (Å²) in [5.41, 5.74) is 0.901. The minimum Gasteiger partial charge on any atom is -0.493 e. The summed E-state index contributed by atoms with van der Waals surface area (Å²) in [5.74, 6) is 0.429. The van der Waals surface area contributed by atoms with Crippen LogP contribution in [0.15, 0.2) is 12.1 Å². The maximum absolute atomic E-state index is 12.0. The maximum atomic E-state index is 12.0. The summed E-state index contributed by atoms with van der Waals surface area (Å²) < 4.78 is 16.9. The Morgan fingerprint density at radius 3 is 2.52 bits per heavy atom. The second-order valence-corrected chi connectivity index (χ2v) is 9.00. The molecule has 0 atom stereocenters. The van der Waals surface area contributed by atoms with Crippen molar-refractivity contribution in [2.24, 2.45) is 0 Å². The molecule has 1 N–H and O–H groups in total. The van der Waals surface area contributed by atoms with Crippen LogP contribution in [0, 0.1) is 0 Å². The summed E-state index contributed by atoms with van der Waals surface area (Å²) in [7, 11) is 0. The first-order valence-corrected chi connectivity index (χ1v) is 12.0. The third-order valence-corrected chi connectivity index (χ3v) is 6.35. The Kier molecular flexibility index (Phi) is 8.72. The normalized spacial score (nSPS) is 17.5. The van der Waals surface area contributed by atoms with Gasteiger partial charge in [-0.25, -0.2) is 4.79 Å². The van der Waals surface area contributed by atoms with Gasteiger partial charge in [0.2, 0.25) is 0 Å². The van der Waals surface area contributed by atoms with Gasteiger partial charge in [0.15, 0.2) is 5.78 Å². The largest absolute Gasteiger partial charge is 0.493 e. The molecule has 2 fully saturated rings. The van der Waals surface area contributed by atoms with E-state index in [0.29, 0.717) is 36.6 Å². The number of esters is 1. The predicted octanol–water partition coefficient (Wildman–Crippen LogP) is 3.89. The number of ketones is 1. The van der Waals surface area contributed by atoms with E-state index in [1.165, 1.54) is 13.8 Å². The third-order valence-electron chi connectivity index (χ3n) is 6.35. The minimum absolute atomic E-state index is 0.138. The van der Waals surface area contributed by atoms with Crippen molar-refractivity contribution in [3.8, 4) is 11.5 Å². The van der Waals surface area contributed by atoms with Crippen LogP contribution in [-0.2, 0) is 16.0 Å². The summed E-state index contributed by atoms with van der Waals surface area (Å²) in [6, 6.07) is 3.48. The number of nitrogens with one attached hydrogen (secondary N) is 1. The zero-order valence-corrected chi connectivity index (χ0v) is 20.0. The molecule has 0 aliphatic carbocycles. The van der Waals surface area contributed by atoms with Crippen LogP contribution in [0.25, 0.3) is 0 Å². The number of benzene rings is 1. The fourth-order valence-corrected chi connectivity index (χ4v) is 4.53. The van der Waals surface area contributed by atoms with Crippen molar-refractivity contribution in [3.63, 3.8) is 0 Å². The Labute approximate surface area is 195 Å². The Hall–Kier alpha value is -2.61. The number of hydrogen-bond donors (Lipinski definition) is 1. The van der Waals surface area contributed by atoms with Crippen LogP contribution in [0.5, 0.6) is 11.5 Å². The van der Waals surface area contributed by atoms with Crippen molar-refractivity contribution in [2.45, 2.75) is 71.3 Å². The molecule has 8 heteroatoms. The number of hydrogen-bond acceptors (Lipinski definition) is 7. The van der Waals surface area contributed by atoms with Gasteiger partial charge in [-0.3, -0.25) is 9.59 Å². The van der Waals surface area contributed by atoms with E-state index < -0.39 is 5.97 Å². The van der Waals surface area contributed by atoms with E-state index in [1.54, 1.807) is 6.07 Å². The first kappa shape index (κ1) is 25.0.